The van der Waals surface area contributed by atoms with E-state index < -0.39 is 0 Å². The van der Waals surface area contributed by atoms with Crippen LogP contribution in [0.25, 0.3) is 0 Å². The van der Waals surface area contributed by atoms with E-state index >= 15 is 0 Å². The van der Waals surface area contributed by atoms with Crippen LogP contribution in [0.1, 0.15) is 49.7 Å². The molecule has 20 heavy (non-hydrogen) atoms. The van der Waals surface area contributed by atoms with E-state index in [9.17, 15) is 0 Å². The van der Waals surface area contributed by atoms with Gasteiger partial charge in [-0.15, -0.1) is 0 Å². The highest BCUT2D eigenvalue weighted by molar-refractivity contribution is 7.15. The molecule has 0 spiro atoms. The molecule has 1 aliphatic heterocycles. The molecule has 1 aromatic rings. The van der Waals surface area contributed by atoms with E-state index in [-0.39, 0.29) is 11.5 Å². The Morgan fingerprint density at radius 1 is 1.35 bits per heavy atom. The summed E-state index contributed by atoms with van der Waals surface area (Å²) in [5.74, 6) is 0. The number of ether oxygens (including phenoxy) is 1. The van der Waals surface area contributed by atoms with E-state index in [4.69, 9.17) is 15.5 Å². The van der Waals surface area contributed by atoms with Gasteiger partial charge in [0.1, 0.15) is 0 Å². The van der Waals surface area contributed by atoms with Crippen LogP contribution in [0.3, 0.4) is 0 Å². The maximum atomic E-state index is 6.34. The summed E-state index contributed by atoms with van der Waals surface area (Å²) >= 11 is 1.81. The SMILES string of the molecule is COC1CCN(c2nc3c(s2)C(N)CC(C)(C)C3)CC1. The van der Waals surface area contributed by atoms with Crippen LogP contribution in [0.5, 0.6) is 0 Å². The summed E-state index contributed by atoms with van der Waals surface area (Å²) in [6.07, 6.45) is 4.73. The number of aromatic nitrogens is 1. The second kappa shape index (κ2) is 5.28. The summed E-state index contributed by atoms with van der Waals surface area (Å²) in [7, 11) is 1.81. The quantitative estimate of drug-likeness (QED) is 0.911. The van der Waals surface area contributed by atoms with Gasteiger partial charge in [-0.25, -0.2) is 4.98 Å². The molecular weight excluding hydrogens is 270 g/mol. The highest BCUT2D eigenvalue weighted by atomic mass is 32.1. The van der Waals surface area contributed by atoms with Crippen LogP contribution in [-0.2, 0) is 11.2 Å². The Hall–Kier alpha value is -0.650. The Balaban J connectivity index is 1.77. The van der Waals surface area contributed by atoms with Gasteiger partial charge in [0.05, 0.1) is 11.8 Å². The van der Waals surface area contributed by atoms with Crippen LogP contribution in [-0.4, -0.2) is 31.3 Å². The number of anilines is 1. The number of nitrogens with zero attached hydrogens (tertiary/aromatic N) is 2. The summed E-state index contributed by atoms with van der Waals surface area (Å²) in [5.41, 5.74) is 7.86. The molecule has 1 unspecified atom stereocenters. The van der Waals surface area contributed by atoms with Crippen LogP contribution in [0.4, 0.5) is 5.13 Å². The van der Waals surface area contributed by atoms with Crippen molar-refractivity contribution in [1.82, 2.24) is 4.98 Å². The molecule has 0 saturated carbocycles. The van der Waals surface area contributed by atoms with Crippen molar-refractivity contribution in [3.8, 4) is 0 Å². The van der Waals surface area contributed by atoms with Gasteiger partial charge in [0.2, 0.25) is 0 Å². The first-order valence-corrected chi connectivity index (χ1v) is 8.33. The average molecular weight is 295 g/mol. The normalized spacial score (nSPS) is 26.6. The Labute approximate surface area is 125 Å². The van der Waals surface area contributed by atoms with Crippen molar-refractivity contribution in [1.29, 1.82) is 0 Å². The van der Waals surface area contributed by atoms with Gasteiger partial charge in [-0.05, 0) is 31.1 Å². The summed E-state index contributed by atoms with van der Waals surface area (Å²) in [6, 6.07) is 0.163. The van der Waals surface area contributed by atoms with Gasteiger partial charge >= 0.3 is 0 Å². The molecule has 2 heterocycles. The molecule has 1 saturated heterocycles. The highest BCUT2D eigenvalue weighted by Gasteiger charge is 2.34. The topological polar surface area (TPSA) is 51.4 Å². The lowest BCUT2D eigenvalue weighted by atomic mass is 9.77. The number of hydrogen-bond acceptors (Lipinski definition) is 5. The van der Waals surface area contributed by atoms with Crippen molar-refractivity contribution in [3.05, 3.63) is 10.6 Å². The molecular formula is C15H25N3OS. The minimum absolute atomic E-state index is 0.163. The molecule has 1 aliphatic carbocycles. The minimum Gasteiger partial charge on any atom is -0.381 e. The van der Waals surface area contributed by atoms with Crippen molar-refractivity contribution in [2.24, 2.45) is 11.1 Å². The first kappa shape index (κ1) is 14.3. The third-order valence-corrected chi connectivity index (χ3v) is 5.81. The first-order valence-electron chi connectivity index (χ1n) is 7.51. The maximum Gasteiger partial charge on any atom is 0.185 e. The van der Waals surface area contributed by atoms with E-state index in [0.29, 0.717) is 6.10 Å². The molecule has 2 N–H and O–H groups in total. The molecule has 1 aromatic heterocycles. The molecule has 2 aliphatic rings. The molecule has 5 heteroatoms. The number of thiazole rings is 1. The molecule has 4 nitrogen and oxygen atoms in total. The summed E-state index contributed by atoms with van der Waals surface area (Å²) < 4.78 is 5.44. The second-order valence-corrected chi connectivity index (χ2v) is 7.89. The van der Waals surface area contributed by atoms with Crippen molar-refractivity contribution in [2.45, 2.75) is 51.7 Å². The fraction of sp³-hybridized carbons (Fsp3) is 0.800. The van der Waals surface area contributed by atoms with Gasteiger partial charge < -0.3 is 15.4 Å². The van der Waals surface area contributed by atoms with Crippen LogP contribution >= 0.6 is 11.3 Å². The average Bonchev–Trinajstić information content (AvgIpc) is 2.81. The molecule has 0 bridgehead atoms. The predicted molar refractivity (Wildman–Crippen MR) is 83.4 cm³/mol. The zero-order chi connectivity index (χ0) is 14.3. The van der Waals surface area contributed by atoms with Gasteiger partial charge in [0.15, 0.2) is 5.13 Å². The maximum absolute atomic E-state index is 6.34. The lowest BCUT2D eigenvalue weighted by Crippen LogP contribution is -2.36. The zero-order valence-electron chi connectivity index (χ0n) is 12.7. The number of methoxy groups -OCH3 is 1. The van der Waals surface area contributed by atoms with Crippen molar-refractivity contribution in [2.75, 3.05) is 25.1 Å². The Morgan fingerprint density at radius 2 is 2.05 bits per heavy atom. The predicted octanol–water partition coefficient (Wildman–Crippen LogP) is 2.73. The molecule has 0 aromatic carbocycles. The standard InChI is InChI=1S/C15H25N3OS/c1-15(2)8-11(16)13-12(9-15)17-14(20-13)18-6-4-10(19-3)5-7-18/h10-11H,4-9,16H2,1-3H3. The smallest absolute Gasteiger partial charge is 0.185 e. The van der Waals surface area contributed by atoms with Crippen LogP contribution < -0.4 is 10.6 Å². The minimum atomic E-state index is 0.163. The summed E-state index contributed by atoms with van der Waals surface area (Å²) in [6.45, 7) is 6.67. The monoisotopic (exact) mass is 295 g/mol. The fourth-order valence-electron chi connectivity index (χ4n) is 3.40. The number of hydrogen-bond donors (Lipinski definition) is 1. The Bertz CT molecular complexity index is 477. The lowest BCUT2D eigenvalue weighted by molar-refractivity contribution is 0.0819. The number of nitrogens with two attached hydrogens (primary N) is 1. The first-order chi connectivity index (χ1) is 9.48. The van der Waals surface area contributed by atoms with E-state index in [1.807, 2.05) is 18.4 Å². The third kappa shape index (κ3) is 2.71. The van der Waals surface area contributed by atoms with Gasteiger partial charge in [0, 0.05) is 31.1 Å². The number of piperidine rings is 1. The van der Waals surface area contributed by atoms with Gasteiger partial charge in [-0.2, -0.15) is 0 Å². The molecule has 112 valence electrons. The fourth-order valence-corrected chi connectivity index (χ4v) is 4.53. The van der Waals surface area contributed by atoms with Crippen LogP contribution in [0, 0.1) is 5.41 Å². The summed E-state index contributed by atoms with van der Waals surface area (Å²) in [5, 5.41) is 1.16. The van der Waals surface area contributed by atoms with Crippen LogP contribution in [0.15, 0.2) is 0 Å². The second-order valence-electron chi connectivity index (χ2n) is 6.88. The summed E-state index contributed by atoms with van der Waals surface area (Å²) in [4.78, 5) is 8.61. The number of rotatable bonds is 2. The molecule has 3 rings (SSSR count). The highest BCUT2D eigenvalue weighted by Crippen LogP contribution is 2.43. The van der Waals surface area contributed by atoms with E-state index in [1.165, 1.54) is 10.6 Å². The van der Waals surface area contributed by atoms with Gasteiger partial charge in [-0.3, -0.25) is 0 Å². The van der Waals surface area contributed by atoms with Crippen molar-refractivity contribution in [3.63, 3.8) is 0 Å². The molecule has 1 fully saturated rings. The van der Waals surface area contributed by atoms with Crippen molar-refractivity contribution < 1.29 is 4.74 Å². The largest absolute Gasteiger partial charge is 0.381 e. The van der Waals surface area contributed by atoms with Gasteiger partial charge in [-0.1, -0.05) is 25.2 Å². The van der Waals surface area contributed by atoms with E-state index in [2.05, 4.69) is 18.7 Å². The lowest BCUT2D eigenvalue weighted by Gasteiger charge is -2.32. The van der Waals surface area contributed by atoms with Crippen LogP contribution in [0.2, 0.25) is 0 Å². The molecule has 1 atom stereocenters. The molecule has 0 amide bonds. The number of fused-ring (bicyclic) bond motifs is 1. The Kier molecular flexibility index (Phi) is 3.77. The third-order valence-electron chi connectivity index (χ3n) is 4.52. The molecule has 0 radical (unpaired) electrons. The van der Waals surface area contributed by atoms with E-state index in [1.54, 1.807) is 0 Å². The van der Waals surface area contributed by atoms with Crippen molar-refractivity contribution >= 4 is 16.5 Å². The Morgan fingerprint density at radius 3 is 2.70 bits per heavy atom. The van der Waals surface area contributed by atoms with Gasteiger partial charge in [0.25, 0.3) is 0 Å². The van der Waals surface area contributed by atoms with E-state index in [0.717, 1.165) is 43.9 Å². The zero-order valence-corrected chi connectivity index (χ0v) is 13.5.